The fourth-order valence-electron chi connectivity index (χ4n) is 1.78. The van der Waals surface area contributed by atoms with E-state index >= 15 is 0 Å². The Labute approximate surface area is 107 Å². The monoisotopic (exact) mass is 301 g/mol. The third-order valence-electron chi connectivity index (χ3n) is 2.69. The first-order valence-corrected chi connectivity index (χ1v) is 6.31. The number of rotatable bonds is 3. The summed E-state index contributed by atoms with van der Waals surface area (Å²) in [4.78, 5) is 11.8. The average Bonchev–Trinajstić information content (AvgIpc) is 2.82. The van der Waals surface area contributed by atoms with Crippen molar-refractivity contribution in [1.82, 2.24) is 5.32 Å². The number of halogens is 2. The van der Waals surface area contributed by atoms with Crippen LogP contribution >= 0.6 is 15.9 Å². The van der Waals surface area contributed by atoms with Gasteiger partial charge >= 0.3 is 0 Å². The summed E-state index contributed by atoms with van der Waals surface area (Å²) in [5, 5.41) is 2.75. The molecule has 1 unspecified atom stereocenters. The highest BCUT2D eigenvalue weighted by atomic mass is 79.9. The molecular weight excluding hydrogens is 289 g/mol. The van der Waals surface area contributed by atoms with Gasteiger partial charge in [-0.1, -0.05) is 0 Å². The van der Waals surface area contributed by atoms with Gasteiger partial charge in [0.15, 0.2) is 0 Å². The van der Waals surface area contributed by atoms with Crippen LogP contribution in [0.15, 0.2) is 22.7 Å². The lowest BCUT2D eigenvalue weighted by Gasteiger charge is -2.11. The first-order chi connectivity index (χ1) is 8.16. The summed E-state index contributed by atoms with van der Waals surface area (Å²) in [5.74, 6) is -0.706. The third-order valence-corrected chi connectivity index (χ3v) is 3.38. The van der Waals surface area contributed by atoms with Gasteiger partial charge in [-0.2, -0.15) is 0 Å². The van der Waals surface area contributed by atoms with Crippen LogP contribution < -0.4 is 5.32 Å². The van der Waals surface area contributed by atoms with Crippen molar-refractivity contribution < 1.29 is 13.9 Å². The van der Waals surface area contributed by atoms with Crippen molar-refractivity contribution in [2.75, 3.05) is 13.2 Å². The highest BCUT2D eigenvalue weighted by Gasteiger charge is 2.17. The van der Waals surface area contributed by atoms with E-state index in [1.165, 1.54) is 18.2 Å². The van der Waals surface area contributed by atoms with E-state index < -0.39 is 5.82 Å². The summed E-state index contributed by atoms with van der Waals surface area (Å²) in [6, 6.07) is 4.05. The summed E-state index contributed by atoms with van der Waals surface area (Å²) in [7, 11) is 0. The summed E-state index contributed by atoms with van der Waals surface area (Å²) in [6.45, 7) is 1.23. The fraction of sp³-hybridized carbons (Fsp3) is 0.417. The molecule has 1 aromatic carbocycles. The number of amides is 1. The highest BCUT2D eigenvalue weighted by Crippen LogP contribution is 2.18. The minimum atomic E-state index is -0.421. The molecular formula is C12H13BrFNO2. The van der Waals surface area contributed by atoms with Gasteiger partial charge in [-0.15, -0.1) is 0 Å². The van der Waals surface area contributed by atoms with Crippen LogP contribution in [0.25, 0.3) is 0 Å². The smallest absolute Gasteiger partial charge is 0.252 e. The standard InChI is InChI=1S/C12H13BrFNO2/c13-11-4-3-8(14)6-10(11)12(16)15-7-9-2-1-5-17-9/h3-4,6,9H,1-2,5,7H2,(H,15,16). The molecule has 1 amide bonds. The van der Waals surface area contributed by atoms with E-state index in [1.54, 1.807) is 0 Å². The quantitative estimate of drug-likeness (QED) is 0.931. The molecule has 1 N–H and O–H groups in total. The molecule has 1 fully saturated rings. The van der Waals surface area contributed by atoms with E-state index in [4.69, 9.17) is 4.74 Å². The molecule has 5 heteroatoms. The van der Waals surface area contributed by atoms with Crippen LogP contribution in [0.2, 0.25) is 0 Å². The molecule has 3 nitrogen and oxygen atoms in total. The largest absolute Gasteiger partial charge is 0.376 e. The van der Waals surface area contributed by atoms with Gasteiger partial charge in [0.2, 0.25) is 0 Å². The van der Waals surface area contributed by atoms with Gasteiger partial charge in [0.25, 0.3) is 5.91 Å². The van der Waals surface area contributed by atoms with Gasteiger partial charge in [-0.25, -0.2) is 4.39 Å². The molecule has 0 radical (unpaired) electrons. The second-order valence-electron chi connectivity index (χ2n) is 3.97. The van der Waals surface area contributed by atoms with Crippen molar-refractivity contribution in [3.05, 3.63) is 34.1 Å². The Hall–Kier alpha value is -0.940. The minimum Gasteiger partial charge on any atom is -0.376 e. The maximum absolute atomic E-state index is 13.0. The van der Waals surface area contributed by atoms with E-state index in [-0.39, 0.29) is 12.0 Å². The molecule has 0 aromatic heterocycles. The Bertz CT molecular complexity index is 419. The minimum absolute atomic E-state index is 0.0892. The Balaban J connectivity index is 1.96. The number of carbonyl (C=O) groups excluding carboxylic acids is 1. The van der Waals surface area contributed by atoms with Gasteiger partial charge in [0.05, 0.1) is 11.7 Å². The van der Waals surface area contributed by atoms with Crippen LogP contribution in [-0.2, 0) is 4.74 Å². The predicted octanol–water partition coefficient (Wildman–Crippen LogP) is 2.50. The summed E-state index contributed by atoms with van der Waals surface area (Å²) in [5.41, 5.74) is 0.308. The lowest BCUT2D eigenvalue weighted by atomic mass is 10.2. The van der Waals surface area contributed by atoms with Crippen LogP contribution in [0.3, 0.4) is 0 Å². The number of nitrogens with one attached hydrogen (secondary N) is 1. The summed E-state index contributed by atoms with van der Waals surface area (Å²) in [6.07, 6.45) is 2.08. The maximum atomic E-state index is 13.0. The molecule has 1 heterocycles. The Kier molecular flexibility index (Phi) is 4.12. The average molecular weight is 302 g/mol. The molecule has 0 bridgehead atoms. The zero-order chi connectivity index (χ0) is 12.3. The number of ether oxygens (including phenoxy) is 1. The molecule has 1 saturated heterocycles. The van der Waals surface area contributed by atoms with Gasteiger partial charge in [-0.05, 0) is 47.0 Å². The van der Waals surface area contributed by atoms with Gasteiger partial charge in [0.1, 0.15) is 5.82 Å². The van der Waals surface area contributed by atoms with E-state index in [2.05, 4.69) is 21.2 Å². The molecule has 17 heavy (non-hydrogen) atoms. The molecule has 1 aliphatic rings. The first kappa shape index (κ1) is 12.5. The Morgan fingerprint density at radius 2 is 2.41 bits per heavy atom. The molecule has 1 atom stereocenters. The molecule has 0 aliphatic carbocycles. The zero-order valence-corrected chi connectivity index (χ0v) is 10.8. The summed E-state index contributed by atoms with van der Waals surface area (Å²) >= 11 is 3.23. The second-order valence-corrected chi connectivity index (χ2v) is 4.82. The third kappa shape index (κ3) is 3.26. The van der Waals surface area contributed by atoms with Gasteiger partial charge < -0.3 is 10.1 Å². The van der Waals surface area contributed by atoms with E-state index in [1.807, 2.05) is 0 Å². The van der Waals surface area contributed by atoms with Crippen molar-refractivity contribution in [1.29, 1.82) is 0 Å². The number of carbonyl (C=O) groups is 1. The molecule has 92 valence electrons. The van der Waals surface area contributed by atoms with Gasteiger partial charge in [0, 0.05) is 17.6 Å². The second kappa shape index (κ2) is 5.60. The molecule has 0 saturated carbocycles. The Morgan fingerprint density at radius 1 is 1.59 bits per heavy atom. The maximum Gasteiger partial charge on any atom is 0.252 e. The van der Waals surface area contributed by atoms with Crippen molar-refractivity contribution >= 4 is 21.8 Å². The summed E-state index contributed by atoms with van der Waals surface area (Å²) < 4.78 is 19.0. The van der Waals surface area contributed by atoms with Crippen molar-refractivity contribution in [2.45, 2.75) is 18.9 Å². The van der Waals surface area contributed by atoms with E-state index in [0.29, 0.717) is 16.6 Å². The van der Waals surface area contributed by atoms with Crippen molar-refractivity contribution in [2.24, 2.45) is 0 Å². The first-order valence-electron chi connectivity index (χ1n) is 5.51. The molecule has 1 aliphatic heterocycles. The molecule has 2 rings (SSSR count). The normalized spacial score (nSPS) is 19.3. The predicted molar refractivity (Wildman–Crippen MR) is 65.4 cm³/mol. The topological polar surface area (TPSA) is 38.3 Å². The van der Waals surface area contributed by atoms with Crippen LogP contribution in [0.1, 0.15) is 23.2 Å². The zero-order valence-electron chi connectivity index (χ0n) is 9.21. The number of benzene rings is 1. The van der Waals surface area contributed by atoms with Crippen LogP contribution in [0, 0.1) is 5.82 Å². The lowest BCUT2D eigenvalue weighted by Crippen LogP contribution is -2.32. The van der Waals surface area contributed by atoms with Crippen molar-refractivity contribution in [3.63, 3.8) is 0 Å². The van der Waals surface area contributed by atoms with Crippen LogP contribution in [0.4, 0.5) is 4.39 Å². The van der Waals surface area contributed by atoms with E-state index in [0.717, 1.165) is 19.4 Å². The molecule has 1 aromatic rings. The fourth-order valence-corrected chi connectivity index (χ4v) is 2.21. The van der Waals surface area contributed by atoms with Crippen molar-refractivity contribution in [3.8, 4) is 0 Å². The highest BCUT2D eigenvalue weighted by molar-refractivity contribution is 9.10. The van der Waals surface area contributed by atoms with Crippen LogP contribution in [0.5, 0.6) is 0 Å². The molecule has 0 spiro atoms. The van der Waals surface area contributed by atoms with Crippen LogP contribution in [-0.4, -0.2) is 25.2 Å². The lowest BCUT2D eigenvalue weighted by molar-refractivity contribution is 0.0857. The number of hydrogen-bond donors (Lipinski definition) is 1. The SMILES string of the molecule is O=C(NCC1CCCO1)c1cc(F)ccc1Br. The Morgan fingerprint density at radius 3 is 3.12 bits per heavy atom. The van der Waals surface area contributed by atoms with E-state index in [9.17, 15) is 9.18 Å². The van der Waals surface area contributed by atoms with Gasteiger partial charge in [-0.3, -0.25) is 4.79 Å². The number of hydrogen-bond acceptors (Lipinski definition) is 2.